The molecule has 0 saturated carbocycles. The predicted octanol–water partition coefficient (Wildman–Crippen LogP) is 2.00. The van der Waals surface area contributed by atoms with Gasteiger partial charge in [0, 0.05) is 16.8 Å². The molecule has 2 unspecified atom stereocenters. The van der Waals surface area contributed by atoms with E-state index in [0.29, 0.717) is 16.7 Å². The zero-order valence-electron chi connectivity index (χ0n) is 12.6. The van der Waals surface area contributed by atoms with Crippen molar-refractivity contribution in [2.24, 2.45) is 4.99 Å². The third kappa shape index (κ3) is 3.72. The summed E-state index contributed by atoms with van der Waals surface area (Å²) in [5, 5.41) is 1.27. The number of amidine groups is 1. The molecule has 1 aromatic rings. The highest BCUT2D eigenvalue weighted by molar-refractivity contribution is 8.15. The van der Waals surface area contributed by atoms with Crippen LogP contribution in [-0.4, -0.2) is 53.7 Å². The summed E-state index contributed by atoms with van der Waals surface area (Å²) < 4.78 is 23.5. The van der Waals surface area contributed by atoms with E-state index in [9.17, 15) is 13.2 Å². The molecule has 0 radical (unpaired) electrons. The fourth-order valence-corrected chi connectivity index (χ4v) is 7.09. The van der Waals surface area contributed by atoms with Crippen LogP contribution in [0.3, 0.4) is 0 Å². The molecule has 23 heavy (non-hydrogen) atoms. The minimum absolute atomic E-state index is 0.0120. The summed E-state index contributed by atoms with van der Waals surface area (Å²) in [7, 11) is -2.97. The van der Waals surface area contributed by atoms with E-state index in [-0.39, 0.29) is 35.1 Å². The highest BCUT2D eigenvalue weighted by Crippen LogP contribution is 2.37. The molecule has 0 N–H and O–H groups in total. The summed E-state index contributed by atoms with van der Waals surface area (Å²) >= 11 is 7.24. The molecule has 0 aliphatic carbocycles. The summed E-state index contributed by atoms with van der Waals surface area (Å²) in [6.07, 6.45) is 0.215. The van der Waals surface area contributed by atoms with Gasteiger partial charge in [-0.25, -0.2) is 8.42 Å². The Hall–Kier alpha value is -1.05. The van der Waals surface area contributed by atoms with Gasteiger partial charge in [-0.3, -0.25) is 4.79 Å². The largest absolute Gasteiger partial charge is 0.346 e. The Morgan fingerprint density at radius 2 is 2.04 bits per heavy atom. The Kier molecular flexibility index (Phi) is 4.71. The SMILES string of the molecule is CCN1C(=NC(=O)Cc2ccc(Cl)cc2)SC2CS(=O)(=O)CC21. The van der Waals surface area contributed by atoms with Gasteiger partial charge in [0.1, 0.15) is 0 Å². The Morgan fingerprint density at radius 3 is 2.70 bits per heavy atom. The molecular formula is C15H17ClN2O3S2. The number of benzene rings is 1. The van der Waals surface area contributed by atoms with Crippen LogP contribution in [0.15, 0.2) is 29.3 Å². The van der Waals surface area contributed by atoms with Gasteiger partial charge < -0.3 is 4.90 Å². The molecular weight excluding hydrogens is 356 g/mol. The first-order valence-electron chi connectivity index (χ1n) is 7.37. The van der Waals surface area contributed by atoms with E-state index in [1.807, 2.05) is 11.8 Å². The average Bonchev–Trinajstić information content (AvgIpc) is 2.92. The van der Waals surface area contributed by atoms with Gasteiger partial charge in [-0.05, 0) is 24.6 Å². The standard InChI is InChI=1S/C15H17ClN2O3S2/c1-2-18-12-8-23(20,21)9-13(12)22-15(18)17-14(19)7-10-3-5-11(16)6-4-10/h3-6,12-13H,2,7-9H2,1H3. The number of carbonyl (C=O) groups excluding carboxylic acids is 1. The Morgan fingerprint density at radius 1 is 1.35 bits per heavy atom. The summed E-state index contributed by atoms with van der Waals surface area (Å²) in [6, 6.07) is 7.05. The maximum absolute atomic E-state index is 12.2. The van der Waals surface area contributed by atoms with Gasteiger partial charge >= 0.3 is 0 Å². The maximum Gasteiger partial charge on any atom is 0.252 e. The lowest BCUT2D eigenvalue weighted by Gasteiger charge is -2.22. The second-order valence-corrected chi connectivity index (χ2v) is 9.47. The van der Waals surface area contributed by atoms with Crippen molar-refractivity contribution in [2.45, 2.75) is 24.6 Å². The minimum atomic E-state index is -2.97. The zero-order valence-corrected chi connectivity index (χ0v) is 15.0. The van der Waals surface area contributed by atoms with Crippen LogP contribution in [0.5, 0.6) is 0 Å². The third-order valence-electron chi connectivity index (χ3n) is 4.00. The van der Waals surface area contributed by atoms with E-state index in [0.717, 1.165) is 5.56 Å². The first-order chi connectivity index (χ1) is 10.9. The molecule has 8 heteroatoms. The van der Waals surface area contributed by atoms with Crippen LogP contribution in [0.4, 0.5) is 0 Å². The van der Waals surface area contributed by atoms with E-state index >= 15 is 0 Å². The van der Waals surface area contributed by atoms with Gasteiger partial charge in [0.05, 0.1) is 24.0 Å². The summed E-state index contributed by atoms with van der Waals surface area (Å²) in [5.41, 5.74) is 0.859. The number of carbonyl (C=O) groups is 1. The van der Waals surface area contributed by atoms with Crippen molar-refractivity contribution >= 4 is 44.3 Å². The molecule has 3 rings (SSSR count). The first kappa shape index (κ1) is 16.8. The van der Waals surface area contributed by atoms with Gasteiger partial charge in [-0.2, -0.15) is 4.99 Å². The minimum Gasteiger partial charge on any atom is -0.346 e. The van der Waals surface area contributed by atoms with Crippen LogP contribution < -0.4 is 0 Å². The lowest BCUT2D eigenvalue weighted by atomic mass is 10.1. The van der Waals surface area contributed by atoms with Crippen LogP contribution in [0.25, 0.3) is 0 Å². The number of sulfone groups is 1. The third-order valence-corrected chi connectivity index (χ3v) is 7.50. The molecule has 2 aliphatic rings. The van der Waals surface area contributed by atoms with Crippen LogP contribution in [0.1, 0.15) is 12.5 Å². The fraction of sp³-hybridized carbons (Fsp3) is 0.467. The molecule has 2 aliphatic heterocycles. The number of rotatable bonds is 3. The molecule has 0 bridgehead atoms. The molecule has 0 spiro atoms. The van der Waals surface area contributed by atoms with Gasteiger partial charge in [-0.15, -0.1) is 0 Å². The Balaban J connectivity index is 1.72. The smallest absolute Gasteiger partial charge is 0.252 e. The number of fused-ring (bicyclic) bond motifs is 1. The molecule has 2 saturated heterocycles. The lowest BCUT2D eigenvalue weighted by molar-refractivity contribution is -0.117. The molecule has 1 aromatic carbocycles. The van der Waals surface area contributed by atoms with Crippen LogP contribution in [0.2, 0.25) is 5.02 Å². The maximum atomic E-state index is 12.2. The van der Waals surface area contributed by atoms with E-state index in [4.69, 9.17) is 11.6 Å². The summed E-state index contributed by atoms with van der Waals surface area (Å²) in [5.74, 6) is 0.0997. The lowest BCUT2D eigenvalue weighted by Crippen LogP contribution is -2.37. The van der Waals surface area contributed by atoms with Crippen molar-refractivity contribution in [2.75, 3.05) is 18.1 Å². The Bertz CT molecular complexity index is 746. The van der Waals surface area contributed by atoms with Gasteiger partial charge in [0.15, 0.2) is 15.0 Å². The number of amides is 1. The van der Waals surface area contributed by atoms with Crippen molar-refractivity contribution in [1.82, 2.24) is 4.90 Å². The Labute approximate surface area is 145 Å². The second kappa shape index (κ2) is 6.45. The highest BCUT2D eigenvalue weighted by Gasteiger charge is 2.48. The zero-order chi connectivity index (χ0) is 16.6. The monoisotopic (exact) mass is 372 g/mol. The molecule has 2 heterocycles. The van der Waals surface area contributed by atoms with Crippen molar-refractivity contribution in [1.29, 1.82) is 0 Å². The summed E-state index contributed by atoms with van der Waals surface area (Å²) in [4.78, 5) is 18.3. The first-order valence-corrected chi connectivity index (χ1v) is 10.5. The van der Waals surface area contributed by atoms with Crippen LogP contribution in [0, 0.1) is 0 Å². The number of thioether (sulfide) groups is 1. The topological polar surface area (TPSA) is 66.8 Å². The molecule has 1 amide bonds. The van der Waals surface area contributed by atoms with Crippen LogP contribution >= 0.6 is 23.4 Å². The average molecular weight is 373 g/mol. The van der Waals surface area contributed by atoms with Gasteiger partial charge in [0.25, 0.3) is 5.91 Å². The quantitative estimate of drug-likeness (QED) is 0.811. The summed E-state index contributed by atoms with van der Waals surface area (Å²) in [6.45, 7) is 2.60. The van der Waals surface area contributed by atoms with E-state index in [1.54, 1.807) is 24.3 Å². The van der Waals surface area contributed by atoms with E-state index in [1.165, 1.54) is 11.8 Å². The molecule has 2 fully saturated rings. The van der Waals surface area contributed by atoms with E-state index < -0.39 is 9.84 Å². The molecule has 5 nitrogen and oxygen atoms in total. The van der Waals surface area contributed by atoms with Crippen molar-refractivity contribution < 1.29 is 13.2 Å². The van der Waals surface area contributed by atoms with Gasteiger partial charge in [-0.1, -0.05) is 35.5 Å². The number of hydrogen-bond acceptors (Lipinski definition) is 4. The molecule has 0 aromatic heterocycles. The number of nitrogens with zero attached hydrogens (tertiary/aromatic N) is 2. The number of halogens is 1. The van der Waals surface area contributed by atoms with Gasteiger partial charge in [0.2, 0.25) is 0 Å². The van der Waals surface area contributed by atoms with Crippen molar-refractivity contribution in [3.63, 3.8) is 0 Å². The van der Waals surface area contributed by atoms with E-state index in [2.05, 4.69) is 4.99 Å². The van der Waals surface area contributed by atoms with Crippen LogP contribution in [-0.2, 0) is 21.1 Å². The molecule has 124 valence electrons. The highest BCUT2D eigenvalue weighted by atomic mass is 35.5. The second-order valence-electron chi connectivity index (χ2n) is 5.68. The normalized spacial score (nSPS) is 27.4. The number of aliphatic imine (C=N–C) groups is 1. The predicted molar refractivity (Wildman–Crippen MR) is 93.8 cm³/mol. The van der Waals surface area contributed by atoms with Crippen molar-refractivity contribution in [3.8, 4) is 0 Å². The molecule has 2 atom stereocenters. The fourth-order valence-electron chi connectivity index (χ4n) is 2.93. The van der Waals surface area contributed by atoms with Crippen molar-refractivity contribution in [3.05, 3.63) is 34.9 Å². The number of hydrogen-bond donors (Lipinski definition) is 0.